The van der Waals surface area contributed by atoms with Crippen molar-refractivity contribution >= 4 is 19.7 Å². The third kappa shape index (κ3) is 66.0. The van der Waals surface area contributed by atoms with Gasteiger partial charge in [0.05, 0.1) is 33.8 Å². The summed E-state index contributed by atoms with van der Waals surface area (Å²) in [6.45, 7) is 6.86. The van der Waals surface area contributed by atoms with Crippen LogP contribution in [0.4, 0.5) is 0 Å². The van der Waals surface area contributed by atoms with Crippen LogP contribution in [-0.2, 0) is 27.9 Å². The van der Waals surface area contributed by atoms with Crippen molar-refractivity contribution in [3.8, 4) is 0 Å². The number of esters is 1. The average Bonchev–Trinajstić information content (AvgIpc) is 3.64. The van der Waals surface area contributed by atoms with Crippen LogP contribution in [0.1, 0.15) is 355 Å². The number of ether oxygens (including phenoxy) is 1. The first kappa shape index (κ1) is 82.7. The molecule has 0 rings (SSSR count). The van der Waals surface area contributed by atoms with Crippen LogP contribution in [0.25, 0.3) is 0 Å². The number of carbonyl (C=O) groups is 2. The molecule has 0 aliphatic heterocycles. The van der Waals surface area contributed by atoms with Crippen LogP contribution in [0.3, 0.4) is 0 Å². The van der Waals surface area contributed by atoms with Crippen LogP contribution < -0.4 is 10.2 Å². The highest BCUT2D eigenvalue weighted by Crippen LogP contribution is 2.38. The van der Waals surface area contributed by atoms with E-state index >= 15 is 0 Å². The predicted octanol–water partition coefficient (Wildman–Crippen LogP) is 22.7. The molecule has 1 amide bonds. The summed E-state index contributed by atoms with van der Waals surface area (Å²) in [4.78, 5) is 40.2. The lowest BCUT2D eigenvalue weighted by atomic mass is 10.0. The number of phosphoric ester groups is 1. The number of hydrogen-bond donors (Lipinski definition) is 1. The lowest BCUT2D eigenvalue weighted by Crippen LogP contribution is -2.47. The summed E-state index contributed by atoms with van der Waals surface area (Å²) in [6, 6.07) is -0.891. The van der Waals surface area contributed by atoms with Crippen LogP contribution in [0.15, 0.2) is 60.8 Å². The molecular formula is C75H141N2O7P. The van der Waals surface area contributed by atoms with Gasteiger partial charge in [-0.05, 0) is 96.0 Å². The number of hydrogen-bond acceptors (Lipinski definition) is 7. The SMILES string of the molecule is CCCCC/C=C\C/C=C\C/C=C\CCCCCCCCCCCCCCC(=O)NC(COP(=O)([O-])OCC[N+](C)(C)C)C(/C=C\CCCCCCCCCCCCC)OC(=O)CCCCCCCCCCCCC/C=C/CCCCCCCC. The molecule has 0 bridgehead atoms. The number of amides is 1. The first-order valence-electron chi connectivity index (χ1n) is 36.6. The zero-order valence-electron chi connectivity index (χ0n) is 57.1. The molecule has 9 nitrogen and oxygen atoms in total. The molecule has 10 heteroatoms. The van der Waals surface area contributed by atoms with E-state index in [1.807, 2.05) is 33.3 Å². The first-order valence-corrected chi connectivity index (χ1v) is 38.1. The molecule has 0 aromatic carbocycles. The van der Waals surface area contributed by atoms with E-state index in [2.05, 4.69) is 74.7 Å². The number of unbranched alkanes of at least 4 members (excludes halogenated alkanes) is 43. The highest BCUT2D eigenvalue weighted by atomic mass is 31.2. The number of rotatable bonds is 67. The molecule has 0 saturated heterocycles. The average molecular weight is 1210 g/mol. The van der Waals surface area contributed by atoms with Gasteiger partial charge in [0.25, 0.3) is 7.82 Å². The third-order valence-electron chi connectivity index (χ3n) is 16.4. The van der Waals surface area contributed by atoms with E-state index in [-0.39, 0.29) is 31.5 Å². The molecule has 0 fully saturated rings. The summed E-state index contributed by atoms with van der Waals surface area (Å²) in [6.07, 6.45) is 83.4. The van der Waals surface area contributed by atoms with Gasteiger partial charge in [0.1, 0.15) is 19.3 Å². The molecule has 0 aliphatic rings. The topological polar surface area (TPSA) is 114 Å². The maximum absolute atomic E-state index is 13.6. The summed E-state index contributed by atoms with van der Waals surface area (Å²) in [7, 11) is 1.19. The number of nitrogens with one attached hydrogen (secondary N) is 1. The maximum atomic E-state index is 13.6. The predicted molar refractivity (Wildman–Crippen MR) is 367 cm³/mol. The zero-order chi connectivity index (χ0) is 62.1. The second-order valence-corrected chi connectivity index (χ2v) is 27.5. The molecule has 1 N–H and O–H groups in total. The van der Waals surface area contributed by atoms with Crippen LogP contribution in [0.2, 0.25) is 0 Å². The van der Waals surface area contributed by atoms with Crippen molar-refractivity contribution in [3.05, 3.63) is 60.8 Å². The molecule has 0 saturated carbocycles. The summed E-state index contributed by atoms with van der Waals surface area (Å²) in [5.74, 6) is -0.530. The van der Waals surface area contributed by atoms with Gasteiger partial charge >= 0.3 is 5.97 Å². The van der Waals surface area contributed by atoms with E-state index < -0.39 is 20.0 Å². The van der Waals surface area contributed by atoms with Gasteiger partial charge in [-0.15, -0.1) is 0 Å². The van der Waals surface area contributed by atoms with Crippen molar-refractivity contribution < 1.29 is 37.3 Å². The molecule has 3 unspecified atom stereocenters. The number of nitrogens with zero attached hydrogens (tertiary/aromatic N) is 1. The second-order valence-electron chi connectivity index (χ2n) is 26.1. The van der Waals surface area contributed by atoms with E-state index in [1.165, 1.54) is 250 Å². The number of carbonyl (C=O) groups excluding carboxylic acids is 2. The Bertz CT molecular complexity index is 1640. The minimum Gasteiger partial charge on any atom is -0.756 e. The van der Waals surface area contributed by atoms with Gasteiger partial charge in [0.15, 0.2) is 0 Å². The summed E-state index contributed by atoms with van der Waals surface area (Å²) in [5, 5.41) is 3.05. The van der Waals surface area contributed by atoms with Gasteiger partial charge in [-0.2, -0.15) is 0 Å². The van der Waals surface area contributed by atoms with E-state index in [0.717, 1.165) is 70.6 Å². The molecule has 0 radical (unpaired) electrons. The van der Waals surface area contributed by atoms with Gasteiger partial charge in [-0.3, -0.25) is 14.2 Å². The van der Waals surface area contributed by atoms with E-state index in [9.17, 15) is 19.0 Å². The Morgan fingerprint density at radius 1 is 0.412 bits per heavy atom. The Morgan fingerprint density at radius 3 is 1.11 bits per heavy atom. The Morgan fingerprint density at radius 2 is 0.718 bits per heavy atom. The second kappa shape index (κ2) is 64.7. The minimum absolute atomic E-state index is 0.0224. The van der Waals surface area contributed by atoms with Crippen LogP contribution in [0, 0.1) is 0 Å². The van der Waals surface area contributed by atoms with Gasteiger partial charge in [-0.1, -0.05) is 307 Å². The van der Waals surface area contributed by atoms with Crippen LogP contribution in [-0.4, -0.2) is 69.4 Å². The minimum atomic E-state index is -4.71. The molecule has 0 aromatic rings. The highest BCUT2D eigenvalue weighted by molar-refractivity contribution is 7.45. The van der Waals surface area contributed by atoms with Crippen molar-refractivity contribution in [2.75, 3.05) is 40.9 Å². The first-order chi connectivity index (χ1) is 41.4. The quantitative estimate of drug-likeness (QED) is 0.0212. The smallest absolute Gasteiger partial charge is 0.306 e. The van der Waals surface area contributed by atoms with Crippen molar-refractivity contribution in [3.63, 3.8) is 0 Å². The standard InChI is InChI=1S/C75H141N2O7P/c1-7-10-13-16-19-22-25-28-30-32-34-36-37-38-39-41-42-44-46-49-52-55-58-61-64-67-74(78)76-72(71-83-85(80,81)82-70-69-77(4,5)6)73(66-63-60-57-54-51-48-27-24-21-18-15-12-9-3)84-75(79)68-65-62-59-56-53-50-47-45-43-40-35-33-31-29-26-23-20-17-14-11-8-2/h19,22,28-31,34,36,63,66,72-73H,7-18,20-21,23-27,32-33,35,37-62,64-65,67-71H2,1-6H3,(H-,76,78,80,81)/b22-19-,30-28-,31-29+,36-34-,66-63-. The summed E-state index contributed by atoms with van der Waals surface area (Å²) < 4.78 is 30.5. The van der Waals surface area contributed by atoms with Crippen molar-refractivity contribution in [2.24, 2.45) is 0 Å². The lowest BCUT2D eigenvalue weighted by Gasteiger charge is -2.30. The molecule has 0 spiro atoms. The molecular weight excluding hydrogens is 1070 g/mol. The van der Waals surface area contributed by atoms with Crippen molar-refractivity contribution in [1.29, 1.82) is 0 Å². The van der Waals surface area contributed by atoms with Crippen molar-refractivity contribution in [2.45, 2.75) is 367 Å². The Balaban J connectivity index is 5.07. The van der Waals surface area contributed by atoms with Crippen molar-refractivity contribution in [1.82, 2.24) is 5.32 Å². The fraction of sp³-hybridized carbons (Fsp3) is 0.840. The molecule has 85 heavy (non-hydrogen) atoms. The van der Waals surface area contributed by atoms with Gasteiger partial charge < -0.3 is 28.5 Å². The largest absolute Gasteiger partial charge is 0.756 e. The Labute approximate surface area is 528 Å². The van der Waals surface area contributed by atoms with Gasteiger partial charge in [0, 0.05) is 12.8 Å². The molecule has 0 aliphatic carbocycles. The van der Waals surface area contributed by atoms with Crippen LogP contribution >= 0.6 is 7.82 Å². The zero-order valence-corrected chi connectivity index (χ0v) is 58.0. The molecule has 0 aromatic heterocycles. The lowest BCUT2D eigenvalue weighted by molar-refractivity contribution is -0.870. The number of allylic oxidation sites excluding steroid dienone is 9. The van der Waals surface area contributed by atoms with Gasteiger partial charge in [-0.25, -0.2) is 0 Å². The third-order valence-corrected chi connectivity index (χ3v) is 17.4. The summed E-state index contributed by atoms with van der Waals surface area (Å²) >= 11 is 0. The van der Waals surface area contributed by atoms with Crippen LogP contribution in [0.5, 0.6) is 0 Å². The van der Waals surface area contributed by atoms with E-state index in [0.29, 0.717) is 17.4 Å². The fourth-order valence-corrected chi connectivity index (χ4v) is 11.5. The molecule has 3 atom stereocenters. The monoisotopic (exact) mass is 1210 g/mol. The normalized spacial score (nSPS) is 13.8. The number of likely N-dealkylation sites (N-methyl/N-ethyl adjacent to an activating group) is 1. The number of quaternary nitrogens is 1. The summed E-state index contributed by atoms with van der Waals surface area (Å²) in [5.41, 5.74) is 0. The highest BCUT2D eigenvalue weighted by Gasteiger charge is 2.27. The molecule has 0 heterocycles. The van der Waals surface area contributed by atoms with E-state index in [1.54, 1.807) is 0 Å². The number of phosphoric acid groups is 1. The Hall–Kier alpha value is -2.29. The van der Waals surface area contributed by atoms with Gasteiger partial charge in [0.2, 0.25) is 5.91 Å². The van der Waals surface area contributed by atoms with E-state index in [4.69, 9.17) is 13.8 Å². The Kier molecular flexibility index (Phi) is 62.9. The fourth-order valence-electron chi connectivity index (χ4n) is 10.8. The molecule has 498 valence electrons. The maximum Gasteiger partial charge on any atom is 0.306 e.